The summed E-state index contributed by atoms with van der Waals surface area (Å²) in [4.78, 5) is 4.63. The highest BCUT2D eigenvalue weighted by atomic mass is 15.1. The van der Waals surface area contributed by atoms with Gasteiger partial charge in [-0.2, -0.15) is 5.26 Å². The first-order valence-electron chi connectivity index (χ1n) is 5.54. The Bertz CT molecular complexity index is 415. The van der Waals surface area contributed by atoms with Crippen molar-refractivity contribution in [3.63, 3.8) is 0 Å². The van der Waals surface area contributed by atoms with Gasteiger partial charge in [-0.3, -0.25) is 0 Å². The van der Waals surface area contributed by atoms with Gasteiger partial charge in [-0.05, 0) is 12.8 Å². The Morgan fingerprint density at radius 1 is 1.33 bits per heavy atom. The molecule has 80 valence electrons. The van der Waals surface area contributed by atoms with Gasteiger partial charge in [0.1, 0.15) is 17.6 Å². The summed E-state index contributed by atoms with van der Waals surface area (Å²) < 4.78 is 2.10. The second-order valence-electron chi connectivity index (χ2n) is 5.20. The topological polar surface area (TPSA) is 41.6 Å². The van der Waals surface area contributed by atoms with E-state index >= 15 is 0 Å². The van der Waals surface area contributed by atoms with Gasteiger partial charge < -0.3 is 4.57 Å². The molecule has 0 bridgehead atoms. The third-order valence-electron chi connectivity index (χ3n) is 2.90. The van der Waals surface area contributed by atoms with Gasteiger partial charge in [-0.15, -0.1) is 0 Å². The molecule has 0 unspecified atom stereocenters. The van der Waals surface area contributed by atoms with E-state index in [2.05, 4.69) is 36.4 Å². The van der Waals surface area contributed by atoms with Gasteiger partial charge in [0.25, 0.3) is 0 Å². The molecule has 0 fully saturated rings. The summed E-state index contributed by atoms with van der Waals surface area (Å²) in [7, 11) is 0. The van der Waals surface area contributed by atoms with Crippen LogP contribution in [0.1, 0.15) is 50.8 Å². The van der Waals surface area contributed by atoms with Crippen LogP contribution in [-0.4, -0.2) is 9.55 Å². The van der Waals surface area contributed by atoms with Crippen molar-refractivity contribution in [2.45, 2.75) is 52.0 Å². The number of fused-ring (bicyclic) bond motifs is 1. The van der Waals surface area contributed by atoms with Crippen molar-refractivity contribution in [1.29, 1.82) is 5.26 Å². The number of hydrogen-bond acceptors (Lipinski definition) is 2. The van der Waals surface area contributed by atoms with Crippen molar-refractivity contribution in [2.24, 2.45) is 0 Å². The minimum Gasteiger partial charge on any atom is -0.320 e. The first-order valence-corrected chi connectivity index (χ1v) is 5.54. The fraction of sp³-hybridized carbons (Fsp3) is 0.667. The van der Waals surface area contributed by atoms with E-state index in [0.29, 0.717) is 0 Å². The van der Waals surface area contributed by atoms with Crippen LogP contribution in [0.2, 0.25) is 0 Å². The Kier molecular flexibility index (Phi) is 2.30. The van der Waals surface area contributed by atoms with Crippen LogP contribution in [0.25, 0.3) is 0 Å². The number of imidazole rings is 1. The maximum Gasteiger partial charge on any atom is 0.143 e. The Labute approximate surface area is 90.7 Å². The van der Waals surface area contributed by atoms with Crippen LogP contribution in [-0.2, 0) is 18.4 Å². The van der Waals surface area contributed by atoms with Gasteiger partial charge in [0.05, 0.1) is 5.69 Å². The van der Waals surface area contributed by atoms with Crippen LogP contribution in [0.4, 0.5) is 0 Å². The van der Waals surface area contributed by atoms with Crippen molar-refractivity contribution in [1.82, 2.24) is 9.55 Å². The summed E-state index contributed by atoms with van der Waals surface area (Å²) in [6, 6.07) is 2.31. The molecular formula is C12H17N3. The van der Waals surface area contributed by atoms with Gasteiger partial charge in [0.2, 0.25) is 0 Å². The molecule has 0 aromatic carbocycles. The standard InChI is InChI=1S/C12H17N3/c1-12(2,3)11-9(8-13)15-7-5-4-6-10(15)14-11/h4-7H2,1-3H3. The maximum absolute atomic E-state index is 9.22. The summed E-state index contributed by atoms with van der Waals surface area (Å²) >= 11 is 0. The van der Waals surface area contributed by atoms with Crippen molar-refractivity contribution in [3.8, 4) is 6.07 Å². The fourth-order valence-corrected chi connectivity index (χ4v) is 2.12. The summed E-state index contributed by atoms with van der Waals surface area (Å²) in [5.74, 6) is 1.10. The summed E-state index contributed by atoms with van der Waals surface area (Å²) in [5, 5.41) is 9.22. The van der Waals surface area contributed by atoms with Gasteiger partial charge >= 0.3 is 0 Å². The molecule has 0 spiro atoms. The average molecular weight is 203 g/mol. The van der Waals surface area contributed by atoms with E-state index in [-0.39, 0.29) is 5.41 Å². The molecule has 0 aliphatic carbocycles. The zero-order chi connectivity index (χ0) is 11.1. The number of nitrogens with zero attached hydrogens (tertiary/aromatic N) is 3. The highest BCUT2D eigenvalue weighted by Crippen LogP contribution is 2.28. The first-order chi connectivity index (χ1) is 7.04. The highest BCUT2D eigenvalue weighted by Gasteiger charge is 2.27. The highest BCUT2D eigenvalue weighted by molar-refractivity contribution is 5.34. The Morgan fingerprint density at radius 2 is 2.07 bits per heavy atom. The minimum atomic E-state index is -0.0323. The van der Waals surface area contributed by atoms with Gasteiger partial charge in [0.15, 0.2) is 0 Å². The van der Waals surface area contributed by atoms with E-state index in [1.165, 1.54) is 12.8 Å². The first kappa shape index (κ1) is 10.2. The quantitative estimate of drug-likeness (QED) is 0.649. The second-order valence-corrected chi connectivity index (χ2v) is 5.20. The Hall–Kier alpha value is -1.30. The molecule has 0 saturated heterocycles. The molecule has 2 heterocycles. The molecule has 1 aliphatic heterocycles. The van der Waals surface area contributed by atoms with E-state index < -0.39 is 0 Å². The lowest BCUT2D eigenvalue weighted by atomic mass is 9.91. The SMILES string of the molecule is CC(C)(C)c1nc2n(c1C#N)CCCC2. The van der Waals surface area contributed by atoms with Crippen LogP contribution in [0.15, 0.2) is 0 Å². The molecule has 1 aromatic rings. The predicted molar refractivity (Wildman–Crippen MR) is 58.6 cm³/mol. The molecule has 1 aliphatic rings. The van der Waals surface area contributed by atoms with Crippen LogP contribution in [0, 0.1) is 11.3 Å². The summed E-state index contributed by atoms with van der Waals surface area (Å²) in [6.45, 7) is 7.30. The van der Waals surface area contributed by atoms with Gasteiger partial charge in [0, 0.05) is 18.4 Å². The van der Waals surface area contributed by atoms with Crippen LogP contribution in [0.3, 0.4) is 0 Å². The molecule has 3 heteroatoms. The summed E-state index contributed by atoms with van der Waals surface area (Å²) in [5.41, 5.74) is 1.70. The third-order valence-corrected chi connectivity index (χ3v) is 2.90. The largest absolute Gasteiger partial charge is 0.320 e. The van der Waals surface area contributed by atoms with Crippen LogP contribution >= 0.6 is 0 Å². The minimum absolute atomic E-state index is 0.0323. The molecular weight excluding hydrogens is 186 g/mol. The fourth-order valence-electron chi connectivity index (χ4n) is 2.12. The molecule has 1 aromatic heterocycles. The number of rotatable bonds is 0. The lowest BCUT2D eigenvalue weighted by Crippen LogP contribution is -2.15. The molecule has 0 amide bonds. The van der Waals surface area contributed by atoms with Gasteiger partial charge in [-0.1, -0.05) is 20.8 Å². The van der Waals surface area contributed by atoms with Crippen LogP contribution < -0.4 is 0 Å². The molecule has 0 radical (unpaired) electrons. The monoisotopic (exact) mass is 203 g/mol. The van der Waals surface area contributed by atoms with Crippen molar-refractivity contribution in [2.75, 3.05) is 0 Å². The number of aromatic nitrogens is 2. The molecule has 3 nitrogen and oxygen atoms in total. The molecule has 2 rings (SSSR count). The Balaban J connectivity index is 2.58. The Morgan fingerprint density at radius 3 is 2.67 bits per heavy atom. The smallest absolute Gasteiger partial charge is 0.143 e. The summed E-state index contributed by atoms with van der Waals surface area (Å²) in [6.07, 6.45) is 3.39. The lowest BCUT2D eigenvalue weighted by molar-refractivity contribution is 0.519. The van der Waals surface area contributed by atoms with E-state index in [0.717, 1.165) is 30.2 Å². The molecule has 0 N–H and O–H groups in total. The number of hydrogen-bond donors (Lipinski definition) is 0. The second kappa shape index (κ2) is 3.37. The molecule has 0 atom stereocenters. The zero-order valence-electron chi connectivity index (χ0n) is 9.67. The van der Waals surface area contributed by atoms with E-state index in [4.69, 9.17) is 0 Å². The molecule has 15 heavy (non-hydrogen) atoms. The van der Waals surface area contributed by atoms with Crippen molar-refractivity contribution < 1.29 is 0 Å². The predicted octanol–water partition coefficient (Wildman–Crippen LogP) is 2.39. The van der Waals surface area contributed by atoms with Crippen molar-refractivity contribution in [3.05, 3.63) is 17.2 Å². The van der Waals surface area contributed by atoms with Gasteiger partial charge in [-0.25, -0.2) is 4.98 Å². The average Bonchev–Trinajstić information content (AvgIpc) is 2.55. The third kappa shape index (κ3) is 1.65. The maximum atomic E-state index is 9.22. The van der Waals surface area contributed by atoms with Crippen LogP contribution in [0.5, 0.6) is 0 Å². The number of aryl methyl sites for hydroxylation is 1. The van der Waals surface area contributed by atoms with E-state index in [9.17, 15) is 5.26 Å². The number of nitriles is 1. The lowest BCUT2D eigenvalue weighted by Gasteiger charge is -2.16. The molecule has 0 saturated carbocycles. The zero-order valence-corrected chi connectivity index (χ0v) is 9.67. The van der Waals surface area contributed by atoms with E-state index in [1.807, 2.05) is 0 Å². The van der Waals surface area contributed by atoms with E-state index in [1.54, 1.807) is 0 Å². The van der Waals surface area contributed by atoms with Crippen molar-refractivity contribution >= 4 is 0 Å². The normalized spacial score (nSPS) is 15.9.